The molecular weight excluding hydrogens is 340 g/mol. The fraction of sp³-hybridized carbons (Fsp3) is 0.947. The van der Waals surface area contributed by atoms with Crippen molar-refractivity contribution in [1.29, 1.82) is 0 Å². The van der Waals surface area contributed by atoms with Crippen LogP contribution in [0.25, 0.3) is 0 Å². The van der Waals surface area contributed by atoms with Crippen LogP contribution in [0.15, 0.2) is 0 Å². The molecule has 0 aromatic rings. The summed E-state index contributed by atoms with van der Waals surface area (Å²) in [6, 6.07) is 0. The third-order valence-corrected chi connectivity index (χ3v) is 5.19. The second-order valence-corrected chi connectivity index (χ2v) is 7.42. The highest BCUT2D eigenvalue weighted by molar-refractivity contribution is 5.69. The Labute approximate surface area is 155 Å². The lowest BCUT2D eigenvalue weighted by atomic mass is 9.92. The summed E-state index contributed by atoms with van der Waals surface area (Å²) in [5.41, 5.74) is -1.06. The summed E-state index contributed by atoms with van der Waals surface area (Å²) in [6.45, 7) is 2.09. The first-order valence-corrected chi connectivity index (χ1v) is 10.0. The number of hydrogen-bond acceptors (Lipinski definition) is 7. The Morgan fingerprint density at radius 2 is 1.73 bits per heavy atom. The number of carbonyl (C=O) groups is 1. The van der Waals surface area contributed by atoms with Crippen molar-refractivity contribution in [2.24, 2.45) is 0 Å². The minimum atomic E-state index is -1.06. The van der Waals surface area contributed by atoms with Gasteiger partial charge in [0, 0.05) is 6.42 Å². The Hall–Kier alpha value is -0.730. The molecule has 0 amide bonds. The van der Waals surface area contributed by atoms with Crippen LogP contribution in [-0.2, 0) is 24.0 Å². The van der Waals surface area contributed by atoms with Crippen molar-refractivity contribution < 1.29 is 34.3 Å². The molecule has 2 fully saturated rings. The molecule has 0 aromatic carbocycles. The molecule has 0 radical (unpaired) electrons. The van der Waals surface area contributed by atoms with Gasteiger partial charge in [-0.3, -0.25) is 4.79 Å². The van der Waals surface area contributed by atoms with Crippen LogP contribution in [0.1, 0.15) is 71.1 Å². The predicted octanol–water partition coefficient (Wildman–Crippen LogP) is 2.27. The van der Waals surface area contributed by atoms with Gasteiger partial charge in [0.1, 0.15) is 18.8 Å². The second-order valence-electron chi connectivity index (χ2n) is 7.42. The van der Waals surface area contributed by atoms with E-state index in [0.29, 0.717) is 6.42 Å². The second kappa shape index (κ2) is 11.2. The average Bonchev–Trinajstić information content (AvgIpc) is 2.94. The Bertz CT molecular complexity index is 405. The van der Waals surface area contributed by atoms with Crippen LogP contribution in [0, 0.1) is 0 Å². The van der Waals surface area contributed by atoms with Gasteiger partial charge in [0.2, 0.25) is 0 Å². The minimum Gasteiger partial charge on any atom is -0.457 e. The first kappa shape index (κ1) is 21.6. The summed E-state index contributed by atoms with van der Waals surface area (Å²) in [5.74, 6) is -0.346. The largest absolute Gasteiger partial charge is 0.457 e. The fourth-order valence-corrected chi connectivity index (χ4v) is 3.48. The SMILES string of the molecule is CCCCCCCCCCCC(=O)O[C@@H]1[C@@H](O)CO[C@@H]1[C@]1(CO)COO1. The number of carbonyl (C=O) groups excluding carboxylic acids is 1. The predicted molar refractivity (Wildman–Crippen MR) is 94.3 cm³/mol. The standard InChI is InChI=1S/C19H34O7/c1-2-3-4-5-6-7-8-9-10-11-16(22)25-17-15(21)12-23-18(17)19(13-20)14-24-26-19/h15,17-18,20-21H,2-14H2,1H3/t15-,17+,18-,19-/m0/s1. The van der Waals surface area contributed by atoms with E-state index in [-0.39, 0.29) is 25.8 Å². The summed E-state index contributed by atoms with van der Waals surface area (Å²) in [7, 11) is 0. The van der Waals surface area contributed by atoms with Crippen molar-refractivity contribution >= 4 is 5.97 Å². The van der Waals surface area contributed by atoms with Gasteiger partial charge in [0.15, 0.2) is 11.7 Å². The lowest BCUT2D eigenvalue weighted by molar-refractivity contribution is -0.493. The number of esters is 1. The van der Waals surface area contributed by atoms with E-state index < -0.39 is 23.9 Å². The van der Waals surface area contributed by atoms with Crippen molar-refractivity contribution in [3.8, 4) is 0 Å². The highest BCUT2D eigenvalue weighted by Gasteiger charge is 2.58. The van der Waals surface area contributed by atoms with Crippen molar-refractivity contribution in [3.63, 3.8) is 0 Å². The molecule has 2 N–H and O–H groups in total. The third-order valence-electron chi connectivity index (χ3n) is 5.19. The molecule has 0 bridgehead atoms. The van der Waals surface area contributed by atoms with Crippen LogP contribution in [0.5, 0.6) is 0 Å². The van der Waals surface area contributed by atoms with E-state index >= 15 is 0 Å². The molecule has 2 heterocycles. The summed E-state index contributed by atoms with van der Waals surface area (Å²) in [4.78, 5) is 21.8. The van der Waals surface area contributed by atoms with Crippen molar-refractivity contribution in [1.82, 2.24) is 0 Å². The Kier molecular flexibility index (Phi) is 9.28. The Balaban J connectivity index is 1.61. The first-order chi connectivity index (χ1) is 12.6. The highest BCUT2D eigenvalue weighted by atomic mass is 17.3. The Morgan fingerprint density at radius 1 is 1.12 bits per heavy atom. The first-order valence-electron chi connectivity index (χ1n) is 10.0. The molecule has 152 valence electrons. The maximum Gasteiger partial charge on any atom is 0.306 e. The number of rotatable bonds is 13. The third kappa shape index (κ3) is 5.89. The van der Waals surface area contributed by atoms with Crippen LogP contribution in [0.3, 0.4) is 0 Å². The highest BCUT2D eigenvalue weighted by Crippen LogP contribution is 2.35. The van der Waals surface area contributed by atoms with E-state index in [1.165, 1.54) is 38.5 Å². The summed E-state index contributed by atoms with van der Waals surface area (Å²) < 4.78 is 10.9. The molecule has 7 nitrogen and oxygen atoms in total. The lowest BCUT2D eigenvalue weighted by Gasteiger charge is -2.43. The fourth-order valence-electron chi connectivity index (χ4n) is 3.48. The van der Waals surface area contributed by atoms with Crippen molar-refractivity contribution in [2.45, 2.75) is 95.0 Å². The molecule has 2 aliphatic rings. The molecule has 4 atom stereocenters. The van der Waals surface area contributed by atoms with Crippen LogP contribution < -0.4 is 0 Å². The number of unbranched alkanes of at least 4 members (excludes halogenated alkanes) is 8. The quantitative estimate of drug-likeness (QED) is 0.290. The molecule has 26 heavy (non-hydrogen) atoms. The van der Waals surface area contributed by atoms with Gasteiger partial charge in [-0.25, -0.2) is 9.78 Å². The number of hydrogen-bond donors (Lipinski definition) is 2. The molecule has 2 rings (SSSR count). The molecule has 0 spiro atoms. The van der Waals surface area contributed by atoms with E-state index in [2.05, 4.69) is 6.92 Å². The van der Waals surface area contributed by atoms with Crippen molar-refractivity contribution in [3.05, 3.63) is 0 Å². The van der Waals surface area contributed by atoms with E-state index in [0.717, 1.165) is 19.3 Å². The smallest absolute Gasteiger partial charge is 0.306 e. The molecule has 2 saturated heterocycles. The van der Waals surface area contributed by atoms with Gasteiger partial charge in [0.05, 0.1) is 13.2 Å². The molecule has 7 heteroatoms. The summed E-state index contributed by atoms with van der Waals surface area (Å²) in [5, 5.41) is 19.6. The van der Waals surface area contributed by atoms with Gasteiger partial charge in [-0.1, -0.05) is 58.3 Å². The van der Waals surface area contributed by atoms with Gasteiger partial charge in [-0.2, -0.15) is 0 Å². The van der Waals surface area contributed by atoms with Crippen LogP contribution >= 0.6 is 0 Å². The van der Waals surface area contributed by atoms with Gasteiger partial charge in [-0.05, 0) is 6.42 Å². The van der Waals surface area contributed by atoms with E-state index in [4.69, 9.17) is 19.2 Å². The monoisotopic (exact) mass is 374 g/mol. The molecule has 0 saturated carbocycles. The Morgan fingerprint density at radius 3 is 2.27 bits per heavy atom. The van der Waals surface area contributed by atoms with Crippen molar-refractivity contribution in [2.75, 3.05) is 19.8 Å². The topological polar surface area (TPSA) is 94.5 Å². The zero-order chi connectivity index (χ0) is 18.8. The van der Waals surface area contributed by atoms with E-state index in [1.807, 2.05) is 0 Å². The zero-order valence-electron chi connectivity index (χ0n) is 15.9. The zero-order valence-corrected chi connectivity index (χ0v) is 15.9. The normalized spacial score (nSPS) is 31.0. The number of ether oxygens (including phenoxy) is 2. The molecular formula is C19H34O7. The van der Waals surface area contributed by atoms with Gasteiger partial charge in [0.25, 0.3) is 0 Å². The van der Waals surface area contributed by atoms with Crippen LogP contribution in [0.4, 0.5) is 0 Å². The molecule has 0 aliphatic carbocycles. The van der Waals surface area contributed by atoms with E-state index in [1.54, 1.807) is 0 Å². The van der Waals surface area contributed by atoms with Gasteiger partial charge in [-0.15, -0.1) is 0 Å². The summed E-state index contributed by atoms with van der Waals surface area (Å²) >= 11 is 0. The molecule has 0 aromatic heterocycles. The molecule has 0 unspecified atom stereocenters. The maximum absolute atomic E-state index is 12.1. The lowest BCUT2D eigenvalue weighted by Crippen LogP contribution is -2.63. The number of aliphatic hydroxyl groups excluding tert-OH is 2. The van der Waals surface area contributed by atoms with E-state index in [9.17, 15) is 15.0 Å². The van der Waals surface area contributed by atoms with Crippen LogP contribution in [0.2, 0.25) is 0 Å². The average molecular weight is 374 g/mol. The molecule has 2 aliphatic heterocycles. The maximum atomic E-state index is 12.1. The number of aliphatic hydroxyl groups is 2. The van der Waals surface area contributed by atoms with Gasteiger partial charge < -0.3 is 19.7 Å². The van der Waals surface area contributed by atoms with Crippen LogP contribution in [-0.4, -0.2) is 59.9 Å². The minimum absolute atomic E-state index is 0.0474. The summed E-state index contributed by atoms with van der Waals surface area (Å²) in [6.07, 6.45) is 8.47. The van der Waals surface area contributed by atoms with Gasteiger partial charge >= 0.3 is 5.97 Å².